The van der Waals surface area contributed by atoms with Crippen molar-refractivity contribution in [3.8, 4) is 11.5 Å². The number of ether oxygens (including phenoxy) is 2. The van der Waals surface area contributed by atoms with Gasteiger partial charge < -0.3 is 14.8 Å². The van der Waals surface area contributed by atoms with Crippen LogP contribution in [0.1, 0.15) is 10.4 Å². The molecule has 0 radical (unpaired) electrons. The Morgan fingerprint density at radius 1 is 1.21 bits per heavy atom. The number of fused-ring (bicyclic) bond motifs is 1. The van der Waals surface area contributed by atoms with Gasteiger partial charge in [-0.25, -0.2) is 4.98 Å². The molecule has 2 aromatic rings. The molecule has 2 heterocycles. The third kappa shape index (κ3) is 2.33. The molecule has 0 bridgehead atoms. The second kappa shape index (κ2) is 4.56. The van der Waals surface area contributed by atoms with E-state index in [4.69, 9.17) is 9.47 Å². The number of hydrogen-bond donors (Lipinski definition) is 1. The van der Waals surface area contributed by atoms with Crippen molar-refractivity contribution in [2.45, 2.75) is 0 Å². The van der Waals surface area contributed by atoms with Crippen molar-refractivity contribution in [1.82, 2.24) is 4.98 Å². The van der Waals surface area contributed by atoms with E-state index >= 15 is 0 Å². The maximum atomic E-state index is 12.7. The first kappa shape index (κ1) is 11.5. The molecule has 1 aliphatic rings. The lowest BCUT2D eigenvalue weighted by molar-refractivity contribution is 0.102. The highest BCUT2D eigenvalue weighted by molar-refractivity contribution is 6.04. The number of hydrogen-bond acceptors (Lipinski definition) is 4. The molecule has 1 aromatic carbocycles. The first-order valence-electron chi connectivity index (χ1n) is 5.55. The minimum absolute atomic E-state index is 0.175. The maximum Gasteiger partial charge on any atom is 0.257 e. The second-order valence-electron chi connectivity index (χ2n) is 3.89. The second-order valence-corrected chi connectivity index (χ2v) is 3.89. The molecule has 96 valence electrons. The molecule has 1 aliphatic heterocycles. The monoisotopic (exact) mass is 260 g/mol. The highest BCUT2D eigenvalue weighted by Crippen LogP contribution is 2.34. The Hall–Kier alpha value is -2.63. The van der Waals surface area contributed by atoms with Crippen LogP contribution in [0.3, 0.4) is 0 Å². The number of carbonyl (C=O) groups is 1. The molecule has 0 atom stereocenters. The van der Waals surface area contributed by atoms with E-state index in [2.05, 4.69) is 10.3 Å². The molecule has 0 unspecified atom stereocenters. The van der Waals surface area contributed by atoms with E-state index < -0.39 is 5.95 Å². The summed E-state index contributed by atoms with van der Waals surface area (Å²) in [6, 6.07) is 7.57. The Labute approximate surface area is 108 Å². The summed E-state index contributed by atoms with van der Waals surface area (Å²) in [6.07, 6.45) is 1.18. The van der Waals surface area contributed by atoms with Crippen LogP contribution < -0.4 is 14.8 Å². The minimum Gasteiger partial charge on any atom is -0.454 e. The van der Waals surface area contributed by atoms with Gasteiger partial charge in [0, 0.05) is 18.0 Å². The average Bonchev–Trinajstić information content (AvgIpc) is 2.87. The Morgan fingerprint density at radius 2 is 2.05 bits per heavy atom. The largest absolute Gasteiger partial charge is 0.454 e. The van der Waals surface area contributed by atoms with Crippen LogP contribution in [0.25, 0.3) is 0 Å². The number of benzene rings is 1. The summed E-state index contributed by atoms with van der Waals surface area (Å²) in [7, 11) is 0. The number of aromatic nitrogens is 1. The Bertz CT molecular complexity index is 628. The number of rotatable bonds is 2. The van der Waals surface area contributed by atoms with Gasteiger partial charge in [-0.15, -0.1) is 0 Å². The lowest BCUT2D eigenvalue weighted by atomic mass is 10.2. The summed E-state index contributed by atoms with van der Waals surface area (Å²) < 4.78 is 23.0. The van der Waals surface area contributed by atoms with Crippen LogP contribution >= 0.6 is 0 Å². The van der Waals surface area contributed by atoms with Crippen LogP contribution in [0.5, 0.6) is 11.5 Å². The predicted octanol–water partition coefficient (Wildman–Crippen LogP) is 2.20. The number of amides is 1. The SMILES string of the molecule is O=C(Nc1ccc2c(c1)OCO2)c1ccc(F)nc1. The Morgan fingerprint density at radius 3 is 2.84 bits per heavy atom. The molecule has 0 saturated heterocycles. The van der Waals surface area contributed by atoms with E-state index in [1.807, 2.05) is 0 Å². The van der Waals surface area contributed by atoms with Crippen molar-refractivity contribution in [2.75, 3.05) is 12.1 Å². The van der Waals surface area contributed by atoms with Gasteiger partial charge in [0.05, 0.1) is 5.56 Å². The summed E-state index contributed by atoms with van der Waals surface area (Å²) in [5.74, 6) is 0.225. The zero-order chi connectivity index (χ0) is 13.2. The van der Waals surface area contributed by atoms with E-state index in [-0.39, 0.29) is 18.3 Å². The van der Waals surface area contributed by atoms with Gasteiger partial charge in [-0.3, -0.25) is 4.79 Å². The Balaban J connectivity index is 1.77. The van der Waals surface area contributed by atoms with Gasteiger partial charge in [0.2, 0.25) is 12.7 Å². The third-order valence-electron chi connectivity index (χ3n) is 2.62. The molecule has 0 saturated carbocycles. The zero-order valence-corrected chi connectivity index (χ0v) is 9.72. The van der Waals surface area contributed by atoms with E-state index in [1.54, 1.807) is 18.2 Å². The predicted molar refractivity (Wildman–Crippen MR) is 64.7 cm³/mol. The number of carbonyl (C=O) groups excluding carboxylic acids is 1. The van der Waals surface area contributed by atoms with Crippen LogP contribution in [0.4, 0.5) is 10.1 Å². The van der Waals surface area contributed by atoms with Gasteiger partial charge in [-0.2, -0.15) is 4.39 Å². The van der Waals surface area contributed by atoms with Crippen molar-refractivity contribution in [2.24, 2.45) is 0 Å². The van der Waals surface area contributed by atoms with E-state index in [9.17, 15) is 9.18 Å². The van der Waals surface area contributed by atoms with Crippen LogP contribution in [0.15, 0.2) is 36.5 Å². The average molecular weight is 260 g/mol. The minimum atomic E-state index is -0.625. The lowest BCUT2D eigenvalue weighted by Crippen LogP contribution is -2.12. The number of nitrogens with one attached hydrogen (secondary N) is 1. The lowest BCUT2D eigenvalue weighted by Gasteiger charge is -2.05. The van der Waals surface area contributed by atoms with Gasteiger partial charge >= 0.3 is 0 Å². The van der Waals surface area contributed by atoms with Crippen molar-refractivity contribution in [3.05, 3.63) is 48.0 Å². The molecule has 0 spiro atoms. The number of anilines is 1. The maximum absolute atomic E-state index is 12.7. The van der Waals surface area contributed by atoms with Crippen molar-refractivity contribution < 1.29 is 18.7 Å². The molecular formula is C13H9FN2O3. The molecule has 3 rings (SSSR count). The fourth-order valence-corrected chi connectivity index (χ4v) is 1.69. The molecule has 1 aromatic heterocycles. The van der Waals surface area contributed by atoms with Crippen LogP contribution in [-0.2, 0) is 0 Å². The highest BCUT2D eigenvalue weighted by Gasteiger charge is 2.14. The topological polar surface area (TPSA) is 60.5 Å². The van der Waals surface area contributed by atoms with Gasteiger partial charge in [0.15, 0.2) is 11.5 Å². The summed E-state index contributed by atoms with van der Waals surface area (Å²) >= 11 is 0. The molecule has 6 heteroatoms. The van der Waals surface area contributed by atoms with Gasteiger partial charge in [0.1, 0.15) is 0 Å². The Kier molecular flexibility index (Phi) is 2.75. The van der Waals surface area contributed by atoms with Gasteiger partial charge in [-0.1, -0.05) is 0 Å². The van der Waals surface area contributed by atoms with Crippen molar-refractivity contribution in [1.29, 1.82) is 0 Å². The van der Waals surface area contributed by atoms with Gasteiger partial charge in [-0.05, 0) is 24.3 Å². The zero-order valence-electron chi connectivity index (χ0n) is 9.72. The standard InChI is InChI=1S/C13H9FN2O3/c14-12-4-1-8(6-15-12)13(17)16-9-2-3-10-11(5-9)19-7-18-10/h1-6H,7H2,(H,16,17). The third-order valence-corrected chi connectivity index (χ3v) is 2.62. The van der Waals surface area contributed by atoms with Crippen molar-refractivity contribution >= 4 is 11.6 Å². The van der Waals surface area contributed by atoms with E-state index in [1.165, 1.54) is 12.3 Å². The quantitative estimate of drug-likeness (QED) is 0.841. The summed E-state index contributed by atoms with van der Waals surface area (Å²) in [4.78, 5) is 15.3. The van der Waals surface area contributed by atoms with Crippen molar-refractivity contribution in [3.63, 3.8) is 0 Å². The summed E-state index contributed by atoms with van der Waals surface area (Å²) in [5.41, 5.74) is 0.845. The van der Waals surface area contributed by atoms with Crippen LogP contribution in [0.2, 0.25) is 0 Å². The van der Waals surface area contributed by atoms with E-state index in [0.717, 1.165) is 6.07 Å². The molecule has 0 fully saturated rings. The van der Waals surface area contributed by atoms with Crippen LogP contribution in [-0.4, -0.2) is 17.7 Å². The molecule has 19 heavy (non-hydrogen) atoms. The summed E-state index contributed by atoms with van der Waals surface area (Å²) in [6.45, 7) is 0.175. The highest BCUT2D eigenvalue weighted by atomic mass is 19.1. The normalized spacial score (nSPS) is 12.3. The summed E-state index contributed by atoms with van der Waals surface area (Å²) in [5, 5.41) is 2.67. The van der Waals surface area contributed by atoms with E-state index in [0.29, 0.717) is 17.2 Å². The number of nitrogens with zero attached hydrogens (tertiary/aromatic N) is 1. The number of halogens is 1. The first-order chi connectivity index (χ1) is 9.22. The molecule has 0 aliphatic carbocycles. The van der Waals surface area contributed by atoms with Gasteiger partial charge in [0.25, 0.3) is 5.91 Å². The molecule has 5 nitrogen and oxygen atoms in total. The molecule has 1 amide bonds. The first-order valence-corrected chi connectivity index (χ1v) is 5.55. The molecule has 1 N–H and O–H groups in total. The molecular weight excluding hydrogens is 251 g/mol. The number of pyridine rings is 1. The van der Waals surface area contributed by atoms with Crippen LogP contribution in [0, 0.1) is 5.95 Å². The smallest absolute Gasteiger partial charge is 0.257 e. The fourth-order valence-electron chi connectivity index (χ4n) is 1.69. The fraction of sp³-hybridized carbons (Fsp3) is 0.0769.